The monoisotopic (exact) mass is 336 g/mol. The molecule has 0 bridgehead atoms. The van der Waals surface area contributed by atoms with E-state index in [1.165, 1.54) is 12.8 Å². The number of benzene rings is 1. The highest BCUT2D eigenvalue weighted by Crippen LogP contribution is 2.38. The van der Waals surface area contributed by atoms with Crippen LogP contribution < -0.4 is 4.72 Å². The van der Waals surface area contributed by atoms with Crippen molar-refractivity contribution in [3.05, 3.63) is 29.8 Å². The van der Waals surface area contributed by atoms with E-state index < -0.39 is 10.0 Å². The number of nitrogens with one attached hydrogen (secondary N) is 1. The Labute approximate surface area is 138 Å². The van der Waals surface area contributed by atoms with Crippen molar-refractivity contribution in [2.45, 2.75) is 49.3 Å². The van der Waals surface area contributed by atoms with E-state index in [9.17, 15) is 8.42 Å². The molecule has 3 aliphatic rings. The summed E-state index contributed by atoms with van der Waals surface area (Å²) < 4.78 is 34.2. The van der Waals surface area contributed by atoms with Crippen molar-refractivity contribution in [2.75, 3.05) is 19.7 Å². The maximum atomic E-state index is 12.6. The van der Waals surface area contributed by atoms with Crippen LogP contribution in [0, 0.1) is 12.8 Å². The molecule has 4 rings (SSSR count). The van der Waals surface area contributed by atoms with Gasteiger partial charge in [0.2, 0.25) is 10.0 Å². The molecule has 0 spiro atoms. The van der Waals surface area contributed by atoms with Crippen LogP contribution in [0.3, 0.4) is 0 Å². The van der Waals surface area contributed by atoms with Gasteiger partial charge in [-0.2, -0.15) is 0 Å². The first-order valence-electron chi connectivity index (χ1n) is 8.46. The topological polar surface area (TPSA) is 58.6 Å². The third-order valence-corrected chi connectivity index (χ3v) is 6.98. The van der Waals surface area contributed by atoms with Crippen molar-refractivity contribution >= 4 is 10.0 Å². The number of rotatable bonds is 4. The molecule has 2 heterocycles. The van der Waals surface area contributed by atoms with E-state index in [2.05, 4.69) is 9.62 Å². The lowest BCUT2D eigenvalue weighted by Crippen LogP contribution is -2.47. The van der Waals surface area contributed by atoms with E-state index in [1.54, 1.807) is 12.1 Å². The number of hydrogen-bond donors (Lipinski definition) is 1. The van der Waals surface area contributed by atoms with Gasteiger partial charge in [0.05, 0.1) is 17.6 Å². The summed E-state index contributed by atoms with van der Waals surface area (Å²) >= 11 is 0. The second kappa shape index (κ2) is 5.84. The van der Waals surface area contributed by atoms with Gasteiger partial charge in [-0.05, 0) is 43.7 Å². The molecule has 1 aliphatic carbocycles. The first-order valence-corrected chi connectivity index (χ1v) is 9.95. The van der Waals surface area contributed by atoms with Gasteiger partial charge in [-0.1, -0.05) is 18.2 Å². The Morgan fingerprint density at radius 2 is 2.00 bits per heavy atom. The normalized spacial score (nSPS) is 32.0. The van der Waals surface area contributed by atoms with Gasteiger partial charge >= 0.3 is 0 Å². The van der Waals surface area contributed by atoms with E-state index in [4.69, 9.17) is 4.74 Å². The van der Waals surface area contributed by atoms with Gasteiger partial charge in [0.1, 0.15) is 0 Å². The highest BCUT2D eigenvalue weighted by atomic mass is 32.2. The van der Waals surface area contributed by atoms with Gasteiger partial charge in [-0.15, -0.1) is 0 Å². The van der Waals surface area contributed by atoms with E-state index in [0.717, 1.165) is 37.6 Å². The average molecular weight is 336 g/mol. The third-order valence-electron chi connectivity index (χ3n) is 5.30. The van der Waals surface area contributed by atoms with Crippen molar-refractivity contribution in [2.24, 2.45) is 5.92 Å². The fourth-order valence-corrected chi connectivity index (χ4v) is 5.37. The number of aryl methyl sites for hydroxylation is 1. The van der Waals surface area contributed by atoms with Crippen LogP contribution in [0.5, 0.6) is 0 Å². The van der Waals surface area contributed by atoms with Gasteiger partial charge < -0.3 is 4.74 Å². The number of fused-ring (bicyclic) bond motifs is 1. The predicted molar refractivity (Wildman–Crippen MR) is 87.7 cm³/mol. The molecule has 6 heteroatoms. The van der Waals surface area contributed by atoms with Crippen molar-refractivity contribution < 1.29 is 13.2 Å². The molecular formula is C17H24N2O3S. The second-order valence-corrected chi connectivity index (χ2v) is 8.82. The zero-order chi connectivity index (χ0) is 16.0. The second-order valence-electron chi connectivity index (χ2n) is 7.14. The van der Waals surface area contributed by atoms with E-state index in [-0.39, 0.29) is 6.04 Å². The minimum atomic E-state index is -3.45. The quantitative estimate of drug-likeness (QED) is 0.906. The van der Waals surface area contributed by atoms with Crippen LogP contribution in [0.1, 0.15) is 24.8 Å². The molecule has 2 saturated heterocycles. The molecule has 5 nitrogen and oxygen atoms in total. The standard InChI is InChI=1S/C17H24N2O3S/c1-12-4-2-3-5-17(12)23(20,21)18-14-8-15-11-22-16(13-6-7-13)10-19(15)9-14/h2-5,13-16,18H,6-11H2,1H3/t14-,15-,16+/m0/s1. The molecule has 1 saturated carbocycles. The molecule has 126 valence electrons. The van der Waals surface area contributed by atoms with E-state index >= 15 is 0 Å². The van der Waals surface area contributed by atoms with Crippen molar-refractivity contribution in [3.63, 3.8) is 0 Å². The molecule has 23 heavy (non-hydrogen) atoms. The van der Waals surface area contributed by atoms with Gasteiger partial charge in [-0.3, -0.25) is 4.90 Å². The number of hydrogen-bond acceptors (Lipinski definition) is 4. The molecule has 0 amide bonds. The molecule has 3 fully saturated rings. The molecule has 0 unspecified atom stereocenters. The molecule has 0 aromatic heterocycles. The summed E-state index contributed by atoms with van der Waals surface area (Å²) in [5.41, 5.74) is 0.785. The Morgan fingerprint density at radius 3 is 2.74 bits per heavy atom. The van der Waals surface area contributed by atoms with Crippen LogP contribution in [0.4, 0.5) is 0 Å². The Hall–Kier alpha value is -0.950. The molecule has 3 atom stereocenters. The van der Waals surface area contributed by atoms with Gasteiger partial charge in [-0.25, -0.2) is 13.1 Å². The molecule has 0 radical (unpaired) electrons. The average Bonchev–Trinajstić information content (AvgIpc) is 3.27. The number of morpholine rings is 1. The zero-order valence-corrected chi connectivity index (χ0v) is 14.3. The van der Waals surface area contributed by atoms with Crippen molar-refractivity contribution in [1.82, 2.24) is 9.62 Å². The first-order chi connectivity index (χ1) is 11.0. The maximum absolute atomic E-state index is 12.6. The van der Waals surface area contributed by atoms with Crippen molar-refractivity contribution in [3.8, 4) is 0 Å². The maximum Gasteiger partial charge on any atom is 0.241 e. The summed E-state index contributed by atoms with van der Waals surface area (Å²) in [6, 6.07) is 7.47. The summed E-state index contributed by atoms with van der Waals surface area (Å²) in [4.78, 5) is 2.80. The Kier molecular flexibility index (Phi) is 3.96. The fourth-order valence-electron chi connectivity index (χ4n) is 3.88. The van der Waals surface area contributed by atoms with Crippen LogP contribution in [0.15, 0.2) is 29.2 Å². The van der Waals surface area contributed by atoms with Crippen LogP contribution in [0.25, 0.3) is 0 Å². The van der Waals surface area contributed by atoms with Gasteiger partial charge in [0.25, 0.3) is 0 Å². The van der Waals surface area contributed by atoms with Gasteiger partial charge in [0, 0.05) is 25.2 Å². The Bertz CT molecular complexity index is 687. The molecule has 1 aromatic carbocycles. The lowest BCUT2D eigenvalue weighted by Gasteiger charge is -2.35. The largest absolute Gasteiger partial charge is 0.375 e. The lowest BCUT2D eigenvalue weighted by atomic mass is 10.1. The highest BCUT2D eigenvalue weighted by molar-refractivity contribution is 7.89. The molecular weight excluding hydrogens is 312 g/mol. The highest BCUT2D eigenvalue weighted by Gasteiger charge is 2.43. The minimum absolute atomic E-state index is 0.0221. The number of ether oxygens (including phenoxy) is 1. The summed E-state index contributed by atoms with van der Waals surface area (Å²) in [6.45, 7) is 4.32. The SMILES string of the molecule is Cc1ccccc1S(=O)(=O)N[C@H]1C[C@H]2CO[C@@H](C3CC3)CN2C1. The summed E-state index contributed by atoms with van der Waals surface area (Å²) in [5, 5.41) is 0. The van der Waals surface area contributed by atoms with Crippen LogP contribution in [0.2, 0.25) is 0 Å². The van der Waals surface area contributed by atoms with E-state index in [0.29, 0.717) is 17.0 Å². The predicted octanol–water partition coefficient (Wildman–Crippen LogP) is 1.53. The molecule has 1 aromatic rings. The zero-order valence-electron chi connectivity index (χ0n) is 13.4. The fraction of sp³-hybridized carbons (Fsp3) is 0.647. The lowest BCUT2D eigenvalue weighted by molar-refractivity contribution is -0.0581. The van der Waals surface area contributed by atoms with Crippen LogP contribution in [-0.4, -0.2) is 51.2 Å². The molecule has 1 N–H and O–H groups in total. The summed E-state index contributed by atoms with van der Waals surface area (Å²) in [6.07, 6.45) is 3.76. The Morgan fingerprint density at radius 1 is 1.22 bits per heavy atom. The van der Waals surface area contributed by atoms with Crippen LogP contribution >= 0.6 is 0 Å². The summed E-state index contributed by atoms with van der Waals surface area (Å²) in [5.74, 6) is 0.735. The molecule has 2 aliphatic heterocycles. The number of nitrogens with zero attached hydrogens (tertiary/aromatic N) is 1. The van der Waals surface area contributed by atoms with Crippen molar-refractivity contribution in [1.29, 1.82) is 0 Å². The van der Waals surface area contributed by atoms with Crippen LogP contribution in [-0.2, 0) is 14.8 Å². The van der Waals surface area contributed by atoms with Gasteiger partial charge in [0.15, 0.2) is 0 Å². The first kappa shape index (κ1) is 15.6. The minimum Gasteiger partial charge on any atom is -0.375 e. The Balaban J connectivity index is 1.43. The third kappa shape index (κ3) is 3.18. The van der Waals surface area contributed by atoms with E-state index in [1.807, 2.05) is 19.1 Å². The number of sulfonamides is 1. The summed E-state index contributed by atoms with van der Waals surface area (Å²) in [7, 11) is -3.45. The smallest absolute Gasteiger partial charge is 0.241 e.